The van der Waals surface area contributed by atoms with E-state index in [1.807, 2.05) is 19.1 Å². The lowest BCUT2D eigenvalue weighted by atomic mass is 10.2. The Balaban J connectivity index is 1.85. The smallest absolute Gasteiger partial charge is 0.149 e. The van der Waals surface area contributed by atoms with Crippen molar-refractivity contribution in [3.8, 4) is 17.6 Å². The summed E-state index contributed by atoms with van der Waals surface area (Å²) < 4.78 is 5.48. The number of rotatable bonds is 4. The van der Waals surface area contributed by atoms with Crippen molar-refractivity contribution in [2.45, 2.75) is 26.3 Å². The van der Waals surface area contributed by atoms with Crippen LogP contribution >= 0.6 is 0 Å². The van der Waals surface area contributed by atoms with E-state index in [4.69, 9.17) is 4.74 Å². The first-order valence-electron chi connectivity index (χ1n) is 6.22. The molecule has 0 unspecified atom stereocenters. The first-order valence-corrected chi connectivity index (χ1v) is 6.22. The van der Waals surface area contributed by atoms with Gasteiger partial charge < -0.3 is 4.74 Å². The lowest BCUT2D eigenvalue weighted by molar-refractivity contribution is 0.330. The average molecular weight is 229 g/mol. The zero-order valence-electron chi connectivity index (χ0n) is 10.4. The summed E-state index contributed by atoms with van der Waals surface area (Å²) in [6, 6.07) is 8.35. The Kier molecular flexibility index (Phi) is 4.46. The molecule has 0 aromatic heterocycles. The fraction of sp³-hybridized carbons (Fsp3) is 0.467. The highest BCUT2D eigenvalue weighted by atomic mass is 16.5. The fourth-order valence-corrected chi connectivity index (χ4v) is 2.08. The third kappa shape index (κ3) is 3.80. The Morgan fingerprint density at radius 1 is 1.18 bits per heavy atom. The van der Waals surface area contributed by atoms with Crippen LogP contribution in [0, 0.1) is 11.8 Å². The lowest BCUT2D eigenvalue weighted by Gasteiger charge is -2.14. The van der Waals surface area contributed by atoms with Gasteiger partial charge in [0.1, 0.15) is 12.4 Å². The van der Waals surface area contributed by atoms with Gasteiger partial charge in [0.05, 0.1) is 0 Å². The van der Waals surface area contributed by atoms with Crippen molar-refractivity contribution < 1.29 is 4.74 Å². The summed E-state index contributed by atoms with van der Waals surface area (Å²) in [7, 11) is 0. The number of benzene rings is 1. The van der Waals surface area contributed by atoms with Crippen molar-refractivity contribution in [3.63, 3.8) is 0 Å². The summed E-state index contributed by atoms with van der Waals surface area (Å²) in [5, 5.41) is 0. The van der Waals surface area contributed by atoms with Gasteiger partial charge in [-0.1, -0.05) is 18.1 Å². The van der Waals surface area contributed by atoms with E-state index in [2.05, 4.69) is 28.9 Å². The van der Waals surface area contributed by atoms with E-state index in [-0.39, 0.29) is 0 Å². The zero-order chi connectivity index (χ0) is 11.9. The summed E-state index contributed by atoms with van der Waals surface area (Å²) >= 11 is 0. The summed E-state index contributed by atoms with van der Waals surface area (Å²) in [5.74, 6) is 6.61. The number of ether oxygens (including phenoxy) is 1. The maximum absolute atomic E-state index is 5.48. The molecular formula is C15H19NO. The Morgan fingerprint density at radius 3 is 2.53 bits per heavy atom. The highest BCUT2D eigenvalue weighted by Gasteiger charge is 2.11. The minimum Gasteiger partial charge on any atom is -0.481 e. The van der Waals surface area contributed by atoms with Gasteiger partial charge in [-0.3, -0.25) is 4.90 Å². The molecule has 1 fully saturated rings. The van der Waals surface area contributed by atoms with Crippen molar-refractivity contribution in [3.05, 3.63) is 29.8 Å². The number of hydrogen-bond acceptors (Lipinski definition) is 2. The number of hydrogen-bond donors (Lipinski definition) is 0. The minimum absolute atomic E-state index is 0.474. The Bertz CT molecular complexity index is 393. The highest BCUT2D eigenvalue weighted by Crippen LogP contribution is 2.16. The van der Waals surface area contributed by atoms with Gasteiger partial charge >= 0.3 is 0 Å². The fourth-order valence-electron chi connectivity index (χ4n) is 2.08. The molecule has 17 heavy (non-hydrogen) atoms. The molecule has 1 saturated heterocycles. The molecule has 0 aliphatic carbocycles. The molecule has 1 aliphatic rings. The van der Waals surface area contributed by atoms with Gasteiger partial charge in [-0.05, 0) is 50.6 Å². The van der Waals surface area contributed by atoms with Crippen LogP contribution in [0.2, 0.25) is 0 Å². The summed E-state index contributed by atoms with van der Waals surface area (Å²) in [5.41, 5.74) is 1.36. The molecular weight excluding hydrogens is 210 g/mol. The molecule has 0 amide bonds. The van der Waals surface area contributed by atoms with Crippen molar-refractivity contribution >= 4 is 0 Å². The molecule has 0 spiro atoms. The molecule has 90 valence electrons. The van der Waals surface area contributed by atoms with E-state index in [0.717, 1.165) is 12.3 Å². The second kappa shape index (κ2) is 6.32. The van der Waals surface area contributed by atoms with E-state index >= 15 is 0 Å². The maximum atomic E-state index is 5.48. The van der Waals surface area contributed by atoms with E-state index in [1.165, 1.54) is 31.5 Å². The number of nitrogens with zero attached hydrogens (tertiary/aromatic N) is 1. The van der Waals surface area contributed by atoms with E-state index in [1.54, 1.807) is 0 Å². The monoisotopic (exact) mass is 229 g/mol. The molecule has 0 radical (unpaired) electrons. The molecule has 0 atom stereocenters. The Morgan fingerprint density at radius 2 is 1.88 bits per heavy atom. The van der Waals surface area contributed by atoms with Crippen molar-refractivity contribution in [1.82, 2.24) is 4.90 Å². The standard InChI is InChI=1S/C15H19NO/c1-2-3-12-17-15-8-6-14(7-9-15)13-16-10-4-5-11-16/h6-9H,4-5,10-13H2,1H3. The van der Waals surface area contributed by atoms with Crippen molar-refractivity contribution in [2.24, 2.45) is 0 Å². The first-order chi connectivity index (χ1) is 8.38. The van der Waals surface area contributed by atoms with Gasteiger partial charge in [-0.2, -0.15) is 0 Å². The van der Waals surface area contributed by atoms with Gasteiger partial charge in [-0.15, -0.1) is 5.92 Å². The Labute approximate surface area is 104 Å². The first kappa shape index (κ1) is 12.0. The number of likely N-dealkylation sites (tertiary alicyclic amines) is 1. The lowest BCUT2D eigenvalue weighted by Crippen LogP contribution is -2.18. The van der Waals surface area contributed by atoms with E-state index < -0.39 is 0 Å². The van der Waals surface area contributed by atoms with Gasteiger partial charge in [0.15, 0.2) is 0 Å². The van der Waals surface area contributed by atoms with Gasteiger partial charge in [-0.25, -0.2) is 0 Å². The third-order valence-corrected chi connectivity index (χ3v) is 3.02. The van der Waals surface area contributed by atoms with E-state index in [9.17, 15) is 0 Å². The van der Waals surface area contributed by atoms with Crippen LogP contribution in [-0.2, 0) is 6.54 Å². The van der Waals surface area contributed by atoms with Crippen LogP contribution in [0.15, 0.2) is 24.3 Å². The van der Waals surface area contributed by atoms with Crippen molar-refractivity contribution in [2.75, 3.05) is 19.7 Å². The highest BCUT2D eigenvalue weighted by molar-refractivity contribution is 5.27. The molecule has 2 nitrogen and oxygen atoms in total. The van der Waals surface area contributed by atoms with Crippen LogP contribution in [0.1, 0.15) is 25.3 Å². The normalized spacial score (nSPS) is 15.4. The van der Waals surface area contributed by atoms with Crippen LogP contribution in [0.3, 0.4) is 0 Å². The van der Waals surface area contributed by atoms with Gasteiger partial charge in [0.2, 0.25) is 0 Å². The molecule has 0 N–H and O–H groups in total. The Hall–Kier alpha value is -1.46. The quantitative estimate of drug-likeness (QED) is 0.736. The van der Waals surface area contributed by atoms with Crippen LogP contribution in [0.5, 0.6) is 5.75 Å². The SMILES string of the molecule is CC#CCOc1ccc(CN2CCCC2)cc1. The molecule has 2 heteroatoms. The van der Waals surface area contributed by atoms with Crippen LogP contribution in [0.4, 0.5) is 0 Å². The van der Waals surface area contributed by atoms with Crippen LogP contribution < -0.4 is 4.74 Å². The van der Waals surface area contributed by atoms with Gasteiger partial charge in [0.25, 0.3) is 0 Å². The molecule has 0 saturated carbocycles. The van der Waals surface area contributed by atoms with Crippen LogP contribution in [-0.4, -0.2) is 24.6 Å². The molecule has 2 rings (SSSR count). The van der Waals surface area contributed by atoms with E-state index in [0.29, 0.717) is 6.61 Å². The third-order valence-electron chi connectivity index (χ3n) is 3.02. The minimum atomic E-state index is 0.474. The topological polar surface area (TPSA) is 12.5 Å². The predicted octanol–water partition coefficient (Wildman–Crippen LogP) is 2.68. The largest absolute Gasteiger partial charge is 0.481 e. The summed E-state index contributed by atoms with van der Waals surface area (Å²) in [4.78, 5) is 2.50. The average Bonchev–Trinajstić information content (AvgIpc) is 2.85. The maximum Gasteiger partial charge on any atom is 0.149 e. The second-order valence-electron chi connectivity index (χ2n) is 4.34. The molecule has 1 aliphatic heterocycles. The van der Waals surface area contributed by atoms with Crippen LogP contribution in [0.25, 0.3) is 0 Å². The summed E-state index contributed by atoms with van der Waals surface area (Å²) in [6.07, 6.45) is 2.69. The molecule has 1 aromatic carbocycles. The molecule has 0 bridgehead atoms. The van der Waals surface area contributed by atoms with Gasteiger partial charge in [0, 0.05) is 6.54 Å². The predicted molar refractivity (Wildman–Crippen MR) is 69.9 cm³/mol. The molecule has 1 heterocycles. The second-order valence-corrected chi connectivity index (χ2v) is 4.34. The molecule has 1 aromatic rings. The van der Waals surface area contributed by atoms with Crippen molar-refractivity contribution in [1.29, 1.82) is 0 Å². The summed E-state index contributed by atoms with van der Waals surface area (Å²) in [6.45, 7) is 5.84. The zero-order valence-corrected chi connectivity index (χ0v) is 10.4.